The van der Waals surface area contributed by atoms with Crippen LogP contribution in [0.15, 0.2) is 84.9 Å². The number of hydrogen-bond donors (Lipinski definition) is 2. The number of amides is 4. The monoisotopic (exact) mass is 457 g/mol. The summed E-state index contributed by atoms with van der Waals surface area (Å²) in [4.78, 5) is 39.6. The van der Waals surface area contributed by atoms with Crippen LogP contribution in [-0.2, 0) is 21.7 Å². The third-order valence-electron chi connectivity index (χ3n) is 5.76. The fraction of sp³-hybridized carbons (Fsp3) is 0.222. The smallest absolute Gasteiger partial charge is 0.325 e. The highest BCUT2D eigenvalue weighted by atomic mass is 16.5. The molecule has 0 aromatic heterocycles. The van der Waals surface area contributed by atoms with E-state index in [1.165, 1.54) is 0 Å². The van der Waals surface area contributed by atoms with Gasteiger partial charge < -0.3 is 15.4 Å². The second kappa shape index (κ2) is 10.2. The minimum absolute atomic E-state index is 0.366. The molecular weight excluding hydrogens is 430 g/mol. The van der Waals surface area contributed by atoms with E-state index >= 15 is 0 Å². The topological polar surface area (TPSA) is 87.7 Å². The van der Waals surface area contributed by atoms with Crippen molar-refractivity contribution in [2.45, 2.75) is 31.9 Å². The summed E-state index contributed by atoms with van der Waals surface area (Å²) < 4.78 is 5.76. The highest BCUT2D eigenvalue weighted by Crippen LogP contribution is 2.33. The first-order valence-electron chi connectivity index (χ1n) is 11.3. The van der Waals surface area contributed by atoms with E-state index in [0.29, 0.717) is 36.4 Å². The number of carbonyl (C=O) groups excluding carboxylic acids is 3. The molecule has 2 N–H and O–H groups in total. The van der Waals surface area contributed by atoms with E-state index in [1.807, 2.05) is 67.6 Å². The molecule has 1 unspecified atom stereocenters. The molecule has 3 aromatic rings. The lowest BCUT2D eigenvalue weighted by molar-refractivity contribution is -0.134. The van der Waals surface area contributed by atoms with E-state index in [9.17, 15) is 14.4 Å². The Labute approximate surface area is 198 Å². The van der Waals surface area contributed by atoms with Crippen LogP contribution < -0.4 is 15.4 Å². The minimum Gasteiger partial charge on any atom is -0.489 e. The molecule has 1 aliphatic rings. The summed E-state index contributed by atoms with van der Waals surface area (Å²) in [5.41, 5.74) is 1.17. The number of anilines is 1. The highest BCUT2D eigenvalue weighted by Gasteiger charge is 2.52. The van der Waals surface area contributed by atoms with Crippen molar-refractivity contribution in [2.75, 3.05) is 11.9 Å². The first-order chi connectivity index (χ1) is 16.5. The van der Waals surface area contributed by atoms with Gasteiger partial charge in [-0.3, -0.25) is 14.5 Å². The van der Waals surface area contributed by atoms with E-state index in [2.05, 4.69) is 10.6 Å². The van der Waals surface area contributed by atoms with Gasteiger partial charge in [-0.25, -0.2) is 4.79 Å². The fourth-order valence-electron chi connectivity index (χ4n) is 4.10. The van der Waals surface area contributed by atoms with Gasteiger partial charge in [0.1, 0.15) is 24.4 Å². The van der Waals surface area contributed by atoms with Gasteiger partial charge in [-0.2, -0.15) is 0 Å². The maximum atomic E-state index is 13.3. The molecule has 1 atom stereocenters. The Kier molecular flexibility index (Phi) is 6.92. The second-order valence-corrected chi connectivity index (χ2v) is 8.19. The number of carbonyl (C=O) groups is 3. The van der Waals surface area contributed by atoms with Crippen LogP contribution in [0.1, 0.15) is 30.9 Å². The van der Waals surface area contributed by atoms with Gasteiger partial charge in [0.2, 0.25) is 5.91 Å². The third kappa shape index (κ3) is 4.93. The van der Waals surface area contributed by atoms with Crippen LogP contribution in [0.25, 0.3) is 0 Å². The molecule has 7 heteroatoms. The van der Waals surface area contributed by atoms with E-state index in [1.54, 1.807) is 24.3 Å². The number of hydrogen-bond acceptors (Lipinski definition) is 4. The zero-order valence-electron chi connectivity index (χ0n) is 19.0. The van der Waals surface area contributed by atoms with Gasteiger partial charge in [-0.1, -0.05) is 74.0 Å². The van der Waals surface area contributed by atoms with Gasteiger partial charge in [0.15, 0.2) is 0 Å². The normalized spacial score (nSPS) is 17.4. The zero-order valence-corrected chi connectivity index (χ0v) is 19.0. The van der Waals surface area contributed by atoms with Crippen molar-refractivity contribution in [3.05, 3.63) is 96.1 Å². The minimum atomic E-state index is -1.15. The molecule has 0 spiro atoms. The molecule has 4 rings (SSSR count). The van der Waals surface area contributed by atoms with E-state index in [-0.39, 0.29) is 6.54 Å². The molecule has 0 aliphatic carbocycles. The van der Waals surface area contributed by atoms with Crippen LogP contribution in [0.3, 0.4) is 0 Å². The zero-order chi connectivity index (χ0) is 24.0. The van der Waals surface area contributed by atoms with Crippen molar-refractivity contribution in [1.82, 2.24) is 10.2 Å². The molecule has 174 valence electrons. The standard InChI is InChI=1S/C27H27N3O4/c1-2-17-27(21-11-7-4-8-12-21)25(32)30(26(33)29-27)18-24(31)28-22-13-15-23(16-14-22)34-19-20-9-5-3-6-10-20/h3-16H,2,17-19H2,1H3,(H,28,31)(H,29,33). The van der Waals surface area contributed by atoms with Gasteiger partial charge in [0, 0.05) is 5.69 Å². The number of urea groups is 1. The maximum absolute atomic E-state index is 13.3. The number of imide groups is 1. The Morgan fingerprint density at radius 1 is 0.941 bits per heavy atom. The molecular formula is C27H27N3O4. The number of benzene rings is 3. The Hall–Kier alpha value is -4.13. The van der Waals surface area contributed by atoms with Crippen LogP contribution in [0.4, 0.5) is 10.5 Å². The Morgan fingerprint density at radius 2 is 1.59 bits per heavy atom. The first-order valence-corrected chi connectivity index (χ1v) is 11.3. The summed E-state index contributed by atoms with van der Waals surface area (Å²) in [5.74, 6) is -0.199. The quantitative estimate of drug-likeness (QED) is 0.465. The summed E-state index contributed by atoms with van der Waals surface area (Å²) in [6, 6.07) is 25.4. The Balaban J connectivity index is 1.38. The van der Waals surface area contributed by atoms with Gasteiger partial charge in [0.05, 0.1) is 0 Å². The molecule has 1 heterocycles. The summed E-state index contributed by atoms with van der Waals surface area (Å²) in [6.07, 6.45) is 1.14. The van der Waals surface area contributed by atoms with Crippen molar-refractivity contribution >= 4 is 23.5 Å². The van der Waals surface area contributed by atoms with Crippen LogP contribution in [0, 0.1) is 0 Å². The van der Waals surface area contributed by atoms with Crippen molar-refractivity contribution in [3.8, 4) is 5.75 Å². The maximum Gasteiger partial charge on any atom is 0.325 e. The molecule has 0 bridgehead atoms. The molecule has 1 aliphatic heterocycles. The summed E-state index contributed by atoms with van der Waals surface area (Å²) in [7, 11) is 0. The lowest BCUT2D eigenvalue weighted by Gasteiger charge is -2.26. The van der Waals surface area contributed by atoms with E-state index < -0.39 is 23.4 Å². The van der Waals surface area contributed by atoms with Crippen LogP contribution >= 0.6 is 0 Å². The largest absolute Gasteiger partial charge is 0.489 e. The summed E-state index contributed by atoms with van der Waals surface area (Å²) in [6.45, 7) is 2.03. The van der Waals surface area contributed by atoms with Gasteiger partial charge in [0.25, 0.3) is 5.91 Å². The Bertz CT molecular complexity index is 1150. The van der Waals surface area contributed by atoms with Crippen LogP contribution in [0.2, 0.25) is 0 Å². The van der Waals surface area contributed by atoms with Crippen LogP contribution in [0.5, 0.6) is 5.75 Å². The average Bonchev–Trinajstić information content (AvgIpc) is 3.10. The molecule has 0 radical (unpaired) electrons. The molecule has 1 saturated heterocycles. The number of rotatable bonds is 9. The molecule has 3 aromatic carbocycles. The number of ether oxygens (including phenoxy) is 1. The van der Waals surface area contributed by atoms with Crippen molar-refractivity contribution in [3.63, 3.8) is 0 Å². The lowest BCUT2D eigenvalue weighted by Crippen LogP contribution is -2.44. The summed E-state index contributed by atoms with van der Waals surface area (Å²) in [5, 5.41) is 5.57. The molecule has 0 saturated carbocycles. The lowest BCUT2D eigenvalue weighted by atomic mass is 9.85. The first kappa shape index (κ1) is 23.0. The third-order valence-corrected chi connectivity index (χ3v) is 5.76. The van der Waals surface area contributed by atoms with Crippen molar-refractivity contribution in [1.29, 1.82) is 0 Å². The predicted molar refractivity (Wildman–Crippen MR) is 129 cm³/mol. The summed E-state index contributed by atoms with van der Waals surface area (Å²) >= 11 is 0. The van der Waals surface area contributed by atoms with Crippen LogP contribution in [-0.4, -0.2) is 29.3 Å². The molecule has 34 heavy (non-hydrogen) atoms. The molecule has 4 amide bonds. The predicted octanol–water partition coefficient (Wildman–Crippen LogP) is 4.45. The number of nitrogens with one attached hydrogen (secondary N) is 2. The average molecular weight is 458 g/mol. The highest BCUT2D eigenvalue weighted by molar-refractivity contribution is 6.10. The number of nitrogens with zero attached hydrogens (tertiary/aromatic N) is 1. The molecule has 7 nitrogen and oxygen atoms in total. The Morgan fingerprint density at radius 3 is 2.24 bits per heavy atom. The second-order valence-electron chi connectivity index (χ2n) is 8.19. The fourth-order valence-corrected chi connectivity index (χ4v) is 4.10. The van der Waals surface area contributed by atoms with Gasteiger partial charge >= 0.3 is 6.03 Å². The van der Waals surface area contributed by atoms with E-state index in [0.717, 1.165) is 10.5 Å². The van der Waals surface area contributed by atoms with Crippen molar-refractivity contribution in [2.24, 2.45) is 0 Å². The molecule has 1 fully saturated rings. The van der Waals surface area contributed by atoms with E-state index in [4.69, 9.17) is 4.74 Å². The van der Waals surface area contributed by atoms with Crippen molar-refractivity contribution < 1.29 is 19.1 Å². The SMILES string of the molecule is CCCC1(c2ccccc2)NC(=O)N(CC(=O)Nc2ccc(OCc3ccccc3)cc2)C1=O. The van der Waals surface area contributed by atoms with Gasteiger partial charge in [-0.15, -0.1) is 0 Å². The van der Waals surface area contributed by atoms with Gasteiger partial charge in [-0.05, 0) is 41.8 Å².